The van der Waals surface area contributed by atoms with Crippen LogP contribution in [0.5, 0.6) is 5.75 Å². The minimum absolute atomic E-state index is 0.103. The molecule has 8 heteroatoms. The van der Waals surface area contributed by atoms with Gasteiger partial charge in [0.2, 0.25) is 15.9 Å². The van der Waals surface area contributed by atoms with Gasteiger partial charge in [0.25, 0.3) is 0 Å². The van der Waals surface area contributed by atoms with E-state index in [9.17, 15) is 13.2 Å². The summed E-state index contributed by atoms with van der Waals surface area (Å²) in [6.45, 7) is 5.18. The summed E-state index contributed by atoms with van der Waals surface area (Å²) in [6.07, 6.45) is 3.66. The van der Waals surface area contributed by atoms with Crippen LogP contribution < -0.4 is 4.74 Å². The number of piperidine rings is 1. The van der Waals surface area contributed by atoms with Crippen LogP contribution in [0.3, 0.4) is 0 Å². The largest absolute Gasteiger partial charge is 0.496 e. The van der Waals surface area contributed by atoms with Crippen LogP contribution in [0.1, 0.15) is 36.8 Å². The van der Waals surface area contributed by atoms with Crippen molar-refractivity contribution in [3.63, 3.8) is 0 Å². The Morgan fingerprint density at radius 1 is 0.912 bits per heavy atom. The molecule has 2 aliphatic heterocycles. The number of piperazine rings is 1. The number of nitrogens with zero attached hydrogens (tertiary/aromatic N) is 3. The fourth-order valence-corrected chi connectivity index (χ4v) is 6.33. The Hall–Kier alpha value is -2.42. The maximum absolute atomic E-state index is 13.1. The van der Waals surface area contributed by atoms with Gasteiger partial charge >= 0.3 is 0 Å². The van der Waals surface area contributed by atoms with E-state index < -0.39 is 10.0 Å². The van der Waals surface area contributed by atoms with E-state index in [0.717, 1.165) is 44.5 Å². The van der Waals surface area contributed by atoms with Crippen LogP contribution in [-0.4, -0.2) is 74.8 Å². The van der Waals surface area contributed by atoms with Crippen molar-refractivity contribution in [1.82, 2.24) is 14.1 Å². The van der Waals surface area contributed by atoms with Crippen LogP contribution in [0, 0.1) is 0 Å². The molecule has 0 unspecified atom stereocenters. The third-order valence-electron chi connectivity index (χ3n) is 6.79. The zero-order chi connectivity index (χ0) is 24.0. The van der Waals surface area contributed by atoms with E-state index in [-0.39, 0.29) is 10.8 Å². The second kappa shape index (κ2) is 11.3. The average Bonchev–Trinajstić information content (AvgIpc) is 2.88. The molecule has 2 heterocycles. The number of hydrogen-bond acceptors (Lipinski definition) is 5. The lowest BCUT2D eigenvalue weighted by atomic mass is 10.1. The molecule has 0 aromatic heterocycles. The van der Waals surface area contributed by atoms with Crippen LogP contribution in [0.2, 0.25) is 0 Å². The fourth-order valence-electron chi connectivity index (χ4n) is 4.76. The number of rotatable bonds is 8. The molecule has 4 rings (SSSR count). The number of sulfonamides is 1. The highest BCUT2D eigenvalue weighted by Crippen LogP contribution is 2.27. The lowest BCUT2D eigenvalue weighted by molar-refractivity contribution is -0.133. The van der Waals surface area contributed by atoms with E-state index in [1.54, 1.807) is 29.6 Å². The highest BCUT2D eigenvalue weighted by Gasteiger charge is 2.27. The Morgan fingerprint density at radius 3 is 2.29 bits per heavy atom. The number of hydrogen-bond donors (Lipinski definition) is 0. The zero-order valence-corrected chi connectivity index (χ0v) is 20.8. The van der Waals surface area contributed by atoms with Gasteiger partial charge in [-0.1, -0.05) is 36.8 Å². The Labute approximate surface area is 203 Å². The summed E-state index contributed by atoms with van der Waals surface area (Å²) in [6, 6.07) is 15.4. The van der Waals surface area contributed by atoms with Gasteiger partial charge in [0.05, 0.1) is 12.0 Å². The molecule has 0 spiro atoms. The van der Waals surface area contributed by atoms with Crippen LogP contribution in [0.15, 0.2) is 53.4 Å². The van der Waals surface area contributed by atoms with E-state index in [1.165, 1.54) is 5.56 Å². The summed E-state index contributed by atoms with van der Waals surface area (Å²) in [7, 11) is -1.95. The van der Waals surface area contributed by atoms with E-state index in [1.807, 2.05) is 11.0 Å². The fraction of sp³-hybridized carbons (Fsp3) is 0.500. The number of benzene rings is 2. The van der Waals surface area contributed by atoms with Gasteiger partial charge in [0, 0.05) is 52.2 Å². The van der Waals surface area contributed by atoms with Gasteiger partial charge < -0.3 is 9.64 Å². The van der Waals surface area contributed by atoms with Crippen molar-refractivity contribution in [2.75, 3.05) is 46.4 Å². The second-order valence-corrected chi connectivity index (χ2v) is 11.0. The van der Waals surface area contributed by atoms with Gasteiger partial charge in [-0.15, -0.1) is 0 Å². The third kappa shape index (κ3) is 5.98. The summed E-state index contributed by atoms with van der Waals surface area (Å²) in [5.74, 6) is 0.726. The van der Waals surface area contributed by atoms with Crippen LogP contribution >= 0.6 is 0 Å². The average molecular weight is 486 g/mol. The molecule has 2 aromatic carbocycles. The van der Waals surface area contributed by atoms with E-state index in [2.05, 4.69) is 29.2 Å². The predicted octanol–water partition coefficient (Wildman–Crippen LogP) is 3.15. The molecule has 0 aliphatic carbocycles. The Kier molecular flexibility index (Phi) is 8.24. The molecular weight excluding hydrogens is 450 g/mol. The van der Waals surface area contributed by atoms with Gasteiger partial charge in [0.15, 0.2) is 0 Å². The molecule has 2 aliphatic rings. The van der Waals surface area contributed by atoms with Crippen molar-refractivity contribution in [2.24, 2.45) is 0 Å². The van der Waals surface area contributed by atoms with Crippen molar-refractivity contribution >= 4 is 15.9 Å². The Bertz CT molecular complexity index is 1060. The molecule has 0 N–H and O–H groups in total. The molecule has 2 saturated heterocycles. The first-order valence-corrected chi connectivity index (χ1v) is 13.6. The Morgan fingerprint density at radius 2 is 1.62 bits per heavy atom. The zero-order valence-electron chi connectivity index (χ0n) is 20.0. The van der Waals surface area contributed by atoms with Gasteiger partial charge in [-0.2, -0.15) is 4.31 Å². The van der Waals surface area contributed by atoms with Crippen molar-refractivity contribution in [3.05, 3.63) is 59.7 Å². The van der Waals surface area contributed by atoms with Gasteiger partial charge in [-0.3, -0.25) is 9.69 Å². The van der Waals surface area contributed by atoms with E-state index >= 15 is 0 Å². The lowest BCUT2D eigenvalue weighted by Gasteiger charge is -2.35. The van der Waals surface area contributed by atoms with Crippen LogP contribution in [0.25, 0.3) is 0 Å². The third-order valence-corrected chi connectivity index (χ3v) is 8.68. The summed E-state index contributed by atoms with van der Waals surface area (Å²) in [5.41, 5.74) is 2.05. The van der Waals surface area contributed by atoms with E-state index in [4.69, 9.17) is 4.74 Å². The predicted molar refractivity (Wildman–Crippen MR) is 132 cm³/mol. The highest BCUT2D eigenvalue weighted by molar-refractivity contribution is 7.89. The number of carbonyl (C=O) groups is 1. The minimum atomic E-state index is -3.52. The second-order valence-electron chi connectivity index (χ2n) is 9.08. The molecule has 0 radical (unpaired) electrons. The Balaban J connectivity index is 1.34. The quantitative estimate of drug-likeness (QED) is 0.575. The van der Waals surface area contributed by atoms with Crippen LogP contribution in [-0.2, 0) is 27.8 Å². The number of aryl methyl sites for hydroxylation is 1. The van der Waals surface area contributed by atoms with Crippen molar-refractivity contribution in [1.29, 1.82) is 0 Å². The van der Waals surface area contributed by atoms with Crippen molar-refractivity contribution < 1.29 is 17.9 Å². The molecule has 2 fully saturated rings. The van der Waals surface area contributed by atoms with Gasteiger partial charge in [-0.05, 0) is 48.6 Å². The van der Waals surface area contributed by atoms with Gasteiger partial charge in [0.1, 0.15) is 5.75 Å². The standard InChI is InChI=1S/C26H35N3O4S/c1-33-25-12-11-24(34(31,32)29-14-6-3-7-15-29)20-23(25)10-13-26(30)28-18-16-27(17-19-28)21-22-8-4-2-5-9-22/h2,4-5,8-9,11-12,20H,3,6-7,10,13-19,21H2,1H3. The van der Waals surface area contributed by atoms with E-state index in [0.29, 0.717) is 44.8 Å². The summed E-state index contributed by atoms with van der Waals surface area (Å²) in [5, 5.41) is 0. The first-order chi connectivity index (χ1) is 16.5. The molecular formula is C26H35N3O4S. The van der Waals surface area contributed by atoms with Crippen molar-refractivity contribution in [3.8, 4) is 5.75 Å². The maximum Gasteiger partial charge on any atom is 0.243 e. The molecule has 184 valence electrons. The topological polar surface area (TPSA) is 70.2 Å². The minimum Gasteiger partial charge on any atom is -0.496 e. The van der Waals surface area contributed by atoms with Gasteiger partial charge in [-0.25, -0.2) is 8.42 Å². The number of ether oxygens (including phenoxy) is 1. The van der Waals surface area contributed by atoms with Crippen molar-refractivity contribution in [2.45, 2.75) is 43.5 Å². The smallest absolute Gasteiger partial charge is 0.243 e. The SMILES string of the molecule is COc1ccc(S(=O)(=O)N2CCCCC2)cc1CCC(=O)N1CCN(Cc2ccccc2)CC1. The highest BCUT2D eigenvalue weighted by atomic mass is 32.2. The summed E-state index contributed by atoms with van der Waals surface area (Å²) in [4.78, 5) is 17.5. The number of carbonyl (C=O) groups excluding carboxylic acids is 1. The summed E-state index contributed by atoms with van der Waals surface area (Å²) >= 11 is 0. The normalized spacial score (nSPS) is 18.1. The lowest BCUT2D eigenvalue weighted by Crippen LogP contribution is -2.48. The monoisotopic (exact) mass is 485 g/mol. The molecule has 7 nitrogen and oxygen atoms in total. The summed E-state index contributed by atoms with van der Waals surface area (Å²) < 4.78 is 33.2. The molecule has 0 bridgehead atoms. The van der Waals surface area contributed by atoms with Crippen LogP contribution in [0.4, 0.5) is 0 Å². The molecule has 0 saturated carbocycles. The molecule has 34 heavy (non-hydrogen) atoms. The number of methoxy groups -OCH3 is 1. The molecule has 2 aromatic rings. The maximum atomic E-state index is 13.1. The number of amides is 1. The first-order valence-electron chi connectivity index (χ1n) is 12.2. The molecule has 0 atom stereocenters. The first kappa shape index (κ1) is 24.7. The molecule has 1 amide bonds.